The van der Waals surface area contributed by atoms with Crippen molar-refractivity contribution in [1.82, 2.24) is 15.1 Å². The molecule has 1 unspecified atom stereocenters. The molecule has 0 radical (unpaired) electrons. The minimum absolute atomic E-state index is 0.448. The van der Waals surface area contributed by atoms with Crippen LogP contribution in [0.1, 0.15) is 49.7 Å². The first-order chi connectivity index (χ1) is 8.65. The minimum Gasteiger partial charge on any atom is -0.310 e. The van der Waals surface area contributed by atoms with Gasteiger partial charge in [0.1, 0.15) is 0 Å². The summed E-state index contributed by atoms with van der Waals surface area (Å²) in [6, 6.07) is 0.448. The molecule has 1 heterocycles. The molecule has 18 heavy (non-hydrogen) atoms. The second-order valence-electron chi connectivity index (χ2n) is 4.67. The van der Waals surface area contributed by atoms with Crippen molar-refractivity contribution < 1.29 is 0 Å². The summed E-state index contributed by atoms with van der Waals surface area (Å²) in [7, 11) is 0. The lowest BCUT2D eigenvalue weighted by atomic mass is 10.0. The highest BCUT2D eigenvalue weighted by molar-refractivity contribution is 7.98. The Hall–Kier alpha value is -0.480. The van der Waals surface area contributed by atoms with Crippen LogP contribution in [0.4, 0.5) is 0 Å². The summed E-state index contributed by atoms with van der Waals surface area (Å²) in [6.45, 7) is 10.8. The standard InChI is InChI=1S/C14H27N3S/c1-6-13(15-7-2)14-11(3)16-17(12(14)4)9-8-10-18-5/h13,15H,6-10H2,1-5H3. The third-order valence-corrected chi connectivity index (χ3v) is 4.06. The monoisotopic (exact) mass is 269 g/mol. The van der Waals surface area contributed by atoms with Crippen molar-refractivity contribution in [2.45, 2.75) is 53.1 Å². The van der Waals surface area contributed by atoms with Gasteiger partial charge in [-0.05, 0) is 45.2 Å². The van der Waals surface area contributed by atoms with Crippen LogP contribution in [0, 0.1) is 13.8 Å². The summed E-state index contributed by atoms with van der Waals surface area (Å²) >= 11 is 1.90. The topological polar surface area (TPSA) is 29.9 Å². The maximum atomic E-state index is 4.70. The minimum atomic E-state index is 0.448. The second kappa shape index (κ2) is 7.85. The van der Waals surface area contributed by atoms with Gasteiger partial charge in [-0.1, -0.05) is 13.8 Å². The van der Waals surface area contributed by atoms with Crippen molar-refractivity contribution in [2.75, 3.05) is 18.6 Å². The SMILES string of the molecule is CCNC(CC)c1c(C)nn(CCCSC)c1C. The smallest absolute Gasteiger partial charge is 0.0644 e. The van der Waals surface area contributed by atoms with Gasteiger partial charge in [0, 0.05) is 23.8 Å². The summed E-state index contributed by atoms with van der Waals surface area (Å²) in [4.78, 5) is 0. The van der Waals surface area contributed by atoms with Gasteiger partial charge in [-0.3, -0.25) is 4.68 Å². The molecule has 0 aliphatic rings. The van der Waals surface area contributed by atoms with Gasteiger partial charge < -0.3 is 5.32 Å². The molecule has 0 fully saturated rings. The first-order valence-corrected chi connectivity index (χ1v) is 8.31. The van der Waals surface area contributed by atoms with E-state index in [4.69, 9.17) is 5.10 Å². The van der Waals surface area contributed by atoms with Crippen molar-refractivity contribution in [3.8, 4) is 0 Å². The average molecular weight is 269 g/mol. The van der Waals surface area contributed by atoms with E-state index in [2.05, 4.69) is 43.9 Å². The van der Waals surface area contributed by atoms with E-state index in [9.17, 15) is 0 Å². The van der Waals surface area contributed by atoms with Gasteiger partial charge in [-0.2, -0.15) is 16.9 Å². The van der Waals surface area contributed by atoms with E-state index < -0.39 is 0 Å². The van der Waals surface area contributed by atoms with Gasteiger partial charge in [0.05, 0.1) is 5.69 Å². The molecule has 1 aromatic rings. The van der Waals surface area contributed by atoms with Crippen molar-refractivity contribution in [3.05, 3.63) is 17.0 Å². The van der Waals surface area contributed by atoms with Crippen molar-refractivity contribution in [2.24, 2.45) is 0 Å². The van der Waals surface area contributed by atoms with Crippen LogP contribution in [0.5, 0.6) is 0 Å². The van der Waals surface area contributed by atoms with Crippen LogP contribution in [-0.4, -0.2) is 28.3 Å². The Bertz CT molecular complexity index is 360. The van der Waals surface area contributed by atoms with Crippen LogP contribution in [0.2, 0.25) is 0 Å². The first-order valence-electron chi connectivity index (χ1n) is 6.91. The fourth-order valence-electron chi connectivity index (χ4n) is 2.49. The molecule has 4 heteroatoms. The highest BCUT2D eigenvalue weighted by Crippen LogP contribution is 2.24. The largest absolute Gasteiger partial charge is 0.310 e. The van der Waals surface area contributed by atoms with Crippen molar-refractivity contribution in [3.63, 3.8) is 0 Å². The van der Waals surface area contributed by atoms with Gasteiger partial charge in [0.15, 0.2) is 0 Å². The first kappa shape index (κ1) is 15.6. The van der Waals surface area contributed by atoms with Crippen LogP contribution < -0.4 is 5.32 Å². The molecular formula is C14H27N3S. The van der Waals surface area contributed by atoms with Crippen molar-refractivity contribution in [1.29, 1.82) is 0 Å². The Kier molecular flexibility index (Phi) is 6.79. The fourth-order valence-corrected chi connectivity index (χ4v) is 2.91. The van der Waals surface area contributed by atoms with Gasteiger partial charge >= 0.3 is 0 Å². The number of aryl methyl sites for hydroxylation is 2. The highest BCUT2D eigenvalue weighted by Gasteiger charge is 2.18. The lowest BCUT2D eigenvalue weighted by Gasteiger charge is -2.16. The summed E-state index contributed by atoms with van der Waals surface area (Å²) in [5.41, 5.74) is 3.93. The van der Waals surface area contributed by atoms with Crippen LogP contribution in [-0.2, 0) is 6.54 Å². The number of thioether (sulfide) groups is 1. The zero-order valence-electron chi connectivity index (χ0n) is 12.4. The van der Waals surface area contributed by atoms with E-state index in [1.807, 2.05) is 11.8 Å². The van der Waals surface area contributed by atoms with E-state index >= 15 is 0 Å². The zero-order chi connectivity index (χ0) is 13.5. The Balaban J connectivity index is 2.85. The van der Waals surface area contributed by atoms with Gasteiger partial charge in [0.25, 0.3) is 0 Å². The molecule has 0 bridgehead atoms. The van der Waals surface area contributed by atoms with Gasteiger partial charge in [0.2, 0.25) is 0 Å². The number of hydrogen-bond donors (Lipinski definition) is 1. The molecule has 104 valence electrons. The third kappa shape index (κ3) is 3.75. The van der Waals surface area contributed by atoms with Crippen LogP contribution in [0.3, 0.4) is 0 Å². The predicted molar refractivity (Wildman–Crippen MR) is 81.4 cm³/mol. The Morgan fingerprint density at radius 2 is 2.06 bits per heavy atom. The maximum Gasteiger partial charge on any atom is 0.0644 e. The molecule has 0 spiro atoms. The molecule has 0 aromatic carbocycles. The number of nitrogens with one attached hydrogen (secondary N) is 1. The average Bonchev–Trinajstić information content (AvgIpc) is 2.63. The highest BCUT2D eigenvalue weighted by atomic mass is 32.2. The number of nitrogens with zero attached hydrogens (tertiary/aromatic N) is 2. The number of rotatable bonds is 8. The Labute approximate surface area is 116 Å². The van der Waals surface area contributed by atoms with Crippen LogP contribution in [0.15, 0.2) is 0 Å². The summed E-state index contributed by atoms with van der Waals surface area (Å²) in [5, 5.41) is 8.25. The number of aromatic nitrogens is 2. The molecule has 1 rings (SSSR count). The molecule has 0 saturated carbocycles. The molecule has 0 aliphatic heterocycles. The Morgan fingerprint density at radius 3 is 2.61 bits per heavy atom. The van der Waals surface area contributed by atoms with E-state index in [1.165, 1.54) is 29.1 Å². The van der Waals surface area contributed by atoms with Gasteiger partial charge in [-0.25, -0.2) is 0 Å². The molecule has 1 N–H and O–H groups in total. The zero-order valence-corrected chi connectivity index (χ0v) is 13.2. The second-order valence-corrected chi connectivity index (χ2v) is 5.66. The van der Waals surface area contributed by atoms with E-state index in [0.29, 0.717) is 6.04 Å². The maximum absolute atomic E-state index is 4.70. The van der Waals surface area contributed by atoms with Crippen LogP contribution >= 0.6 is 11.8 Å². The summed E-state index contributed by atoms with van der Waals surface area (Å²) in [5.74, 6) is 1.21. The van der Waals surface area contributed by atoms with E-state index in [1.54, 1.807) is 0 Å². The fraction of sp³-hybridized carbons (Fsp3) is 0.786. The van der Waals surface area contributed by atoms with Crippen molar-refractivity contribution >= 4 is 11.8 Å². The summed E-state index contributed by atoms with van der Waals surface area (Å²) in [6.07, 6.45) is 4.47. The molecule has 3 nitrogen and oxygen atoms in total. The molecule has 0 amide bonds. The lowest BCUT2D eigenvalue weighted by Crippen LogP contribution is -2.21. The molecule has 1 atom stereocenters. The quantitative estimate of drug-likeness (QED) is 0.734. The lowest BCUT2D eigenvalue weighted by molar-refractivity contribution is 0.529. The predicted octanol–water partition coefficient (Wildman–Crippen LogP) is 3.31. The van der Waals surface area contributed by atoms with E-state index in [0.717, 1.165) is 19.5 Å². The van der Waals surface area contributed by atoms with Crippen LogP contribution in [0.25, 0.3) is 0 Å². The third-order valence-electron chi connectivity index (χ3n) is 3.36. The van der Waals surface area contributed by atoms with E-state index in [-0.39, 0.29) is 0 Å². The normalized spacial score (nSPS) is 12.9. The molecule has 0 saturated heterocycles. The molecule has 1 aromatic heterocycles. The molecule has 0 aliphatic carbocycles. The Morgan fingerprint density at radius 1 is 1.33 bits per heavy atom. The molecular weight excluding hydrogens is 242 g/mol. The number of hydrogen-bond acceptors (Lipinski definition) is 3. The van der Waals surface area contributed by atoms with Gasteiger partial charge in [-0.15, -0.1) is 0 Å². The summed E-state index contributed by atoms with van der Waals surface area (Å²) < 4.78 is 2.18.